The van der Waals surface area contributed by atoms with Gasteiger partial charge in [-0.2, -0.15) is 0 Å². The molecule has 2 heterocycles. The molecule has 1 unspecified atom stereocenters. The van der Waals surface area contributed by atoms with Crippen molar-refractivity contribution in [2.45, 2.75) is 57.5 Å². The number of nitrogens with one attached hydrogen (secondary N) is 1. The summed E-state index contributed by atoms with van der Waals surface area (Å²) in [5, 5.41) is 3.04. The minimum absolute atomic E-state index is 0.00438. The van der Waals surface area contributed by atoms with Crippen molar-refractivity contribution in [2.75, 3.05) is 31.2 Å². The van der Waals surface area contributed by atoms with Gasteiger partial charge >= 0.3 is 0 Å². The Balaban J connectivity index is 1.28. The van der Waals surface area contributed by atoms with Crippen LogP contribution in [0.15, 0.2) is 84.9 Å². The summed E-state index contributed by atoms with van der Waals surface area (Å²) in [6, 6.07) is 27.5. The molecule has 214 valence electrons. The molecule has 3 aromatic carbocycles. The predicted octanol–water partition coefficient (Wildman–Crippen LogP) is 5.19. The SMILES string of the molecule is CCCCc1ccc(C(=O)N2CCC3(CC2)C(=O)N(CC(=O)NC(C)c2ccccc2)CN3c2ccccc2)cc1. The number of nitrogens with zero attached hydrogens (tertiary/aromatic N) is 3. The zero-order valence-corrected chi connectivity index (χ0v) is 24.1. The van der Waals surface area contributed by atoms with Crippen molar-refractivity contribution in [3.05, 3.63) is 102 Å². The number of rotatable bonds is 9. The molecule has 0 aliphatic carbocycles. The molecule has 3 amide bonds. The van der Waals surface area contributed by atoms with Gasteiger partial charge in [0.15, 0.2) is 0 Å². The average Bonchev–Trinajstić information content (AvgIpc) is 3.27. The third kappa shape index (κ3) is 6.14. The quantitative estimate of drug-likeness (QED) is 0.397. The lowest BCUT2D eigenvalue weighted by Gasteiger charge is -2.43. The summed E-state index contributed by atoms with van der Waals surface area (Å²) in [5.74, 6) is -0.226. The largest absolute Gasteiger partial charge is 0.348 e. The maximum Gasteiger partial charge on any atom is 0.253 e. The molecule has 0 bridgehead atoms. The van der Waals surface area contributed by atoms with Crippen molar-refractivity contribution in [3.63, 3.8) is 0 Å². The van der Waals surface area contributed by atoms with Crippen molar-refractivity contribution in [2.24, 2.45) is 0 Å². The van der Waals surface area contributed by atoms with E-state index >= 15 is 0 Å². The molecular weight excluding hydrogens is 512 g/mol. The summed E-state index contributed by atoms with van der Waals surface area (Å²) in [4.78, 5) is 46.1. The molecule has 0 aromatic heterocycles. The molecule has 2 aliphatic rings. The third-order valence-corrected chi connectivity index (χ3v) is 8.49. The molecule has 1 atom stereocenters. The highest BCUT2D eigenvalue weighted by atomic mass is 16.2. The number of unbranched alkanes of at least 4 members (excludes halogenated alkanes) is 1. The maximum absolute atomic E-state index is 14.0. The van der Waals surface area contributed by atoms with Crippen LogP contribution in [0.25, 0.3) is 0 Å². The third-order valence-electron chi connectivity index (χ3n) is 8.49. The van der Waals surface area contributed by atoms with Crippen molar-refractivity contribution >= 4 is 23.4 Å². The summed E-state index contributed by atoms with van der Waals surface area (Å²) in [5.41, 5.74) is 3.11. The normalized spacial score (nSPS) is 17.1. The Bertz CT molecular complexity index is 1340. The number of aryl methyl sites for hydroxylation is 1. The zero-order chi connectivity index (χ0) is 28.8. The van der Waals surface area contributed by atoms with Crippen molar-refractivity contribution < 1.29 is 14.4 Å². The number of likely N-dealkylation sites (tertiary alicyclic amines) is 1. The van der Waals surface area contributed by atoms with Gasteiger partial charge in [-0.25, -0.2) is 0 Å². The molecule has 2 aliphatic heterocycles. The zero-order valence-electron chi connectivity index (χ0n) is 24.1. The van der Waals surface area contributed by atoms with E-state index in [0.29, 0.717) is 38.2 Å². The first-order chi connectivity index (χ1) is 19.9. The van der Waals surface area contributed by atoms with Crippen molar-refractivity contribution in [1.29, 1.82) is 0 Å². The summed E-state index contributed by atoms with van der Waals surface area (Å²) in [7, 11) is 0. The Labute approximate surface area is 243 Å². The molecule has 2 fully saturated rings. The van der Waals surface area contributed by atoms with E-state index in [1.54, 1.807) is 4.90 Å². The summed E-state index contributed by atoms with van der Waals surface area (Å²) in [6.07, 6.45) is 4.33. The minimum Gasteiger partial charge on any atom is -0.348 e. The number of carbonyl (C=O) groups is 3. The molecule has 0 radical (unpaired) electrons. The molecule has 0 saturated carbocycles. The van der Waals surface area contributed by atoms with Crippen molar-refractivity contribution in [3.8, 4) is 0 Å². The Morgan fingerprint density at radius 1 is 0.902 bits per heavy atom. The van der Waals surface area contributed by atoms with E-state index in [1.807, 2.05) is 96.8 Å². The second kappa shape index (κ2) is 12.6. The van der Waals surface area contributed by atoms with E-state index in [4.69, 9.17) is 0 Å². The standard InChI is InChI=1S/C34H40N4O3/c1-3-4-11-27-16-18-29(19-17-27)32(40)36-22-20-34(21-23-36)33(41)37(25-38(34)30-14-9-6-10-15-30)24-31(39)35-26(2)28-12-7-5-8-13-28/h5-10,12-19,26H,3-4,11,20-25H2,1-2H3,(H,35,39). The average molecular weight is 553 g/mol. The number of amides is 3. The molecule has 3 aromatic rings. The van der Waals surface area contributed by atoms with Crippen LogP contribution in [0, 0.1) is 0 Å². The molecule has 7 heteroatoms. The fourth-order valence-corrected chi connectivity index (χ4v) is 6.07. The number of piperidine rings is 1. The lowest BCUT2D eigenvalue weighted by Crippen LogP contribution is -2.57. The molecule has 5 rings (SSSR count). The van der Waals surface area contributed by atoms with Crippen LogP contribution >= 0.6 is 0 Å². The van der Waals surface area contributed by atoms with E-state index in [9.17, 15) is 14.4 Å². The van der Waals surface area contributed by atoms with Gasteiger partial charge in [-0.15, -0.1) is 0 Å². The number of para-hydroxylation sites is 1. The van der Waals surface area contributed by atoms with Crippen LogP contribution in [0.1, 0.15) is 67.1 Å². The van der Waals surface area contributed by atoms with Crippen LogP contribution in [-0.2, 0) is 16.0 Å². The molecule has 1 spiro atoms. The maximum atomic E-state index is 14.0. The summed E-state index contributed by atoms with van der Waals surface area (Å²) < 4.78 is 0. The number of carbonyl (C=O) groups excluding carboxylic acids is 3. The predicted molar refractivity (Wildman–Crippen MR) is 161 cm³/mol. The summed E-state index contributed by atoms with van der Waals surface area (Å²) >= 11 is 0. The Morgan fingerprint density at radius 3 is 2.17 bits per heavy atom. The monoisotopic (exact) mass is 552 g/mol. The van der Waals surface area contributed by atoms with E-state index in [-0.39, 0.29) is 30.3 Å². The summed E-state index contributed by atoms with van der Waals surface area (Å²) in [6.45, 7) is 5.42. The smallest absolute Gasteiger partial charge is 0.253 e. The first-order valence-electron chi connectivity index (χ1n) is 14.8. The van der Waals surface area contributed by atoms with Gasteiger partial charge in [0.2, 0.25) is 5.91 Å². The molecule has 41 heavy (non-hydrogen) atoms. The van der Waals surface area contributed by atoms with Crippen LogP contribution in [0.5, 0.6) is 0 Å². The molecule has 2 saturated heterocycles. The Kier molecular flexibility index (Phi) is 8.72. The van der Waals surface area contributed by atoms with Crippen LogP contribution in [0.4, 0.5) is 5.69 Å². The van der Waals surface area contributed by atoms with Crippen LogP contribution in [0.2, 0.25) is 0 Å². The van der Waals surface area contributed by atoms with Gasteiger partial charge in [0.25, 0.3) is 11.8 Å². The van der Waals surface area contributed by atoms with Gasteiger partial charge in [-0.05, 0) is 68.0 Å². The number of benzene rings is 3. The first-order valence-corrected chi connectivity index (χ1v) is 14.8. The van der Waals surface area contributed by atoms with E-state index in [2.05, 4.69) is 17.1 Å². The molecular formula is C34H40N4O3. The Hall–Kier alpha value is -4.13. The second-order valence-corrected chi connectivity index (χ2v) is 11.2. The van der Waals surface area contributed by atoms with Gasteiger partial charge in [-0.1, -0.05) is 74.0 Å². The second-order valence-electron chi connectivity index (χ2n) is 11.2. The molecule has 7 nitrogen and oxygen atoms in total. The number of anilines is 1. The number of hydrogen-bond acceptors (Lipinski definition) is 4. The Morgan fingerprint density at radius 2 is 1.54 bits per heavy atom. The van der Waals surface area contributed by atoms with Crippen LogP contribution < -0.4 is 10.2 Å². The molecule has 1 N–H and O–H groups in total. The highest BCUT2D eigenvalue weighted by Gasteiger charge is 2.54. The van der Waals surface area contributed by atoms with Gasteiger partial charge < -0.3 is 20.0 Å². The van der Waals surface area contributed by atoms with Gasteiger partial charge in [-0.3, -0.25) is 14.4 Å². The lowest BCUT2D eigenvalue weighted by atomic mass is 9.85. The fourth-order valence-electron chi connectivity index (χ4n) is 6.07. The van der Waals surface area contributed by atoms with Crippen LogP contribution in [-0.4, -0.2) is 59.4 Å². The fraction of sp³-hybridized carbons (Fsp3) is 0.382. The van der Waals surface area contributed by atoms with Gasteiger partial charge in [0.05, 0.1) is 12.7 Å². The van der Waals surface area contributed by atoms with Crippen molar-refractivity contribution in [1.82, 2.24) is 15.1 Å². The van der Waals surface area contributed by atoms with Gasteiger partial charge in [0, 0.05) is 24.3 Å². The highest BCUT2D eigenvalue weighted by molar-refractivity contribution is 5.97. The van der Waals surface area contributed by atoms with Crippen LogP contribution in [0.3, 0.4) is 0 Å². The van der Waals surface area contributed by atoms with E-state index in [0.717, 1.165) is 30.5 Å². The first kappa shape index (κ1) is 28.4. The van der Waals surface area contributed by atoms with E-state index < -0.39 is 5.54 Å². The minimum atomic E-state index is -0.784. The number of hydrogen-bond donors (Lipinski definition) is 1. The lowest BCUT2D eigenvalue weighted by molar-refractivity contribution is -0.137. The van der Waals surface area contributed by atoms with E-state index in [1.165, 1.54) is 5.56 Å². The topological polar surface area (TPSA) is 73.0 Å². The highest BCUT2D eigenvalue weighted by Crippen LogP contribution is 2.39. The van der Waals surface area contributed by atoms with Gasteiger partial charge in [0.1, 0.15) is 12.1 Å².